The van der Waals surface area contributed by atoms with Crippen LogP contribution in [0.1, 0.15) is 59.6 Å². The lowest BCUT2D eigenvalue weighted by molar-refractivity contribution is -0.137. The fraction of sp³-hybridized carbons (Fsp3) is 0.455. The van der Waals surface area contributed by atoms with Crippen molar-refractivity contribution in [1.29, 1.82) is 0 Å². The van der Waals surface area contributed by atoms with Crippen LogP contribution in [0.3, 0.4) is 0 Å². The topological polar surface area (TPSA) is 121 Å². The van der Waals surface area contributed by atoms with E-state index >= 15 is 0 Å². The first-order valence-electron chi connectivity index (χ1n) is 16.3. The highest BCUT2D eigenvalue weighted by Gasteiger charge is 2.34. The van der Waals surface area contributed by atoms with Gasteiger partial charge in [-0.3, -0.25) is 19.4 Å². The molecule has 16 heteroatoms. The average Bonchev–Trinajstić information content (AvgIpc) is 3.78. The highest BCUT2D eigenvalue weighted by atomic mass is 35.5. The van der Waals surface area contributed by atoms with E-state index in [-0.39, 0.29) is 35.0 Å². The van der Waals surface area contributed by atoms with Gasteiger partial charge in [-0.1, -0.05) is 31.5 Å². The van der Waals surface area contributed by atoms with Crippen molar-refractivity contribution in [3.63, 3.8) is 0 Å². The van der Waals surface area contributed by atoms with Crippen molar-refractivity contribution in [1.82, 2.24) is 29.0 Å². The molecule has 4 aromatic rings. The molecule has 0 aliphatic carbocycles. The van der Waals surface area contributed by atoms with Crippen LogP contribution in [0.2, 0.25) is 5.02 Å². The summed E-state index contributed by atoms with van der Waals surface area (Å²) in [5.41, 5.74) is 1.14. The molecule has 0 atom stereocenters. The molecule has 2 amide bonds. The third kappa shape index (κ3) is 6.67. The molecule has 6 rings (SSSR count). The van der Waals surface area contributed by atoms with Crippen molar-refractivity contribution in [2.75, 3.05) is 54.4 Å². The van der Waals surface area contributed by atoms with Gasteiger partial charge in [0.2, 0.25) is 17.6 Å². The normalized spacial score (nSPS) is 15.4. The molecule has 2 fully saturated rings. The van der Waals surface area contributed by atoms with E-state index in [0.717, 1.165) is 43.6 Å². The summed E-state index contributed by atoms with van der Waals surface area (Å²) in [6, 6.07) is 5.68. The Balaban J connectivity index is 1.34. The summed E-state index contributed by atoms with van der Waals surface area (Å²) in [6.45, 7) is 7.89. The maximum atomic E-state index is 14.2. The number of nitrogens with one attached hydrogen (secondary N) is 1. The van der Waals surface area contributed by atoms with Crippen molar-refractivity contribution in [2.24, 2.45) is 0 Å². The maximum absolute atomic E-state index is 14.2. The first kappa shape index (κ1) is 34.2. The number of halogens is 4. The molecular weight excluding hydrogens is 663 g/mol. The molecule has 0 spiro atoms. The Labute approximate surface area is 285 Å². The zero-order valence-electron chi connectivity index (χ0n) is 27.5. The monoisotopic (exact) mass is 699 g/mol. The number of pyridine rings is 1. The van der Waals surface area contributed by atoms with E-state index in [0.29, 0.717) is 62.0 Å². The number of anilines is 3. The fourth-order valence-corrected chi connectivity index (χ4v) is 6.81. The number of piperazine rings is 1. The van der Waals surface area contributed by atoms with Gasteiger partial charge >= 0.3 is 6.18 Å². The largest absolute Gasteiger partial charge is 0.417 e. The van der Waals surface area contributed by atoms with Crippen molar-refractivity contribution in [2.45, 2.75) is 59.2 Å². The number of fused-ring (bicyclic) bond motifs is 1. The Hall–Kier alpha value is -4.66. The number of alkyl halides is 3. The smallest absolute Gasteiger partial charge is 0.362 e. The van der Waals surface area contributed by atoms with Gasteiger partial charge in [-0.05, 0) is 61.9 Å². The summed E-state index contributed by atoms with van der Waals surface area (Å²) in [5, 5.41) is 6.74. The van der Waals surface area contributed by atoms with Gasteiger partial charge in [0, 0.05) is 51.2 Å². The van der Waals surface area contributed by atoms with Crippen LogP contribution in [-0.2, 0) is 30.4 Å². The number of carbonyl (C=O) groups excluding carboxylic acids is 2. The standard InChI is InChI=1S/C33H37ClF3N9O3/c1-4-21-9-8-10-38-27(21)29(48)43-15-13-42(14-16-43)28-25(5-2)45(32-40-31(41-46(32)30(28)49)44-11-6-7-12-44)19-26(47)39-24-18-23(34)22(17-20(24)3)33(35,36)37/h8-10,17-18H,4-7,11-16,19H2,1-3H3,(H,39,47). The van der Waals surface area contributed by atoms with Gasteiger partial charge in [-0.25, -0.2) is 0 Å². The Morgan fingerprint density at radius 2 is 1.71 bits per heavy atom. The minimum Gasteiger partial charge on any atom is -0.362 e. The van der Waals surface area contributed by atoms with Crippen LogP contribution in [0.4, 0.5) is 30.5 Å². The van der Waals surface area contributed by atoms with E-state index in [2.05, 4.69) is 15.4 Å². The fourth-order valence-electron chi connectivity index (χ4n) is 6.54. The summed E-state index contributed by atoms with van der Waals surface area (Å²) in [7, 11) is 0. The first-order valence-corrected chi connectivity index (χ1v) is 16.7. The Morgan fingerprint density at radius 1 is 1.00 bits per heavy atom. The van der Waals surface area contributed by atoms with E-state index in [9.17, 15) is 27.6 Å². The molecule has 2 aliphatic rings. The van der Waals surface area contributed by atoms with Crippen LogP contribution in [0.5, 0.6) is 0 Å². The van der Waals surface area contributed by atoms with E-state index in [1.165, 1.54) is 11.4 Å². The van der Waals surface area contributed by atoms with Crippen molar-refractivity contribution >= 4 is 46.5 Å². The molecule has 3 aromatic heterocycles. The average molecular weight is 700 g/mol. The van der Waals surface area contributed by atoms with Crippen molar-refractivity contribution in [3.05, 3.63) is 73.9 Å². The second-order valence-electron chi connectivity index (χ2n) is 12.2. The van der Waals surface area contributed by atoms with Gasteiger partial charge in [0.05, 0.1) is 16.3 Å². The number of aromatic nitrogens is 5. The quantitative estimate of drug-likeness (QED) is 0.284. The van der Waals surface area contributed by atoms with Crippen LogP contribution in [-0.4, -0.2) is 80.1 Å². The van der Waals surface area contributed by atoms with E-state index in [1.807, 2.05) is 29.7 Å². The molecule has 12 nitrogen and oxygen atoms in total. The summed E-state index contributed by atoms with van der Waals surface area (Å²) < 4.78 is 43.1. The number of hydrogen-bond acceptors (Lipinski definition) is 8. The number of nitrogens with zero attached hydrogens (tertiary/aromatic N) is 8. The number of hydrogen-bond donors (Lipinski definition) is 1. The zero-order chi connectivity index (χ0) is 35.0. The summed E-state index contributed by atoms with van der Waals surface area (Å²) in [5.74, 6) is -0.150. The zero-order valence-corrected chi connectivity index (χ0v) is 28.2. The van der Waals surface area contributed by atoms with Crippen LogP contribution in [0.25, 0.3) is 5.78 Å². The van der Waals surface area contributed by atoms with E-state index < -0.39 is 22.7 Å². The Kier molecular flexibility index (Phi) is 9.56. The molecule has 0 saturated carbocycles. The van der Waals surface area contributed by atoms with Gasteiger partial charge < -0.3 is 24.6 Å². The minimum absolute atomic E-state index is 0.137. The van der Waals surface area contributed by atoms with Gasteiger partial charge in [0.1, 0.15) is 17.9 Å². The molecule has 2 aliphatic heterocycles. The van der Waals surface area contributed by atoms with Gasteiger partial charge in [-0.15, -0.1) is 5.10 Å². The lowest BCUT2D eigenvalue weighted by Crippen LogP contribution is -2.51. The van der Waals surface area contributed by atoms with Crippen molar-refractivity contribution < 1.29 is 22.8 Å². The first-order chi connectivity index (χ1) is 23.4. The molecule has 5 heterocycles. The predicted molar refractivity (Wildman–Crippen MR) is 180 cm³/mol. The summed E-state index contributed by atoms with van der Waals surface area (Å²) >= 11 is 5.95. The van der Waals surface area contributed by atoms with E-state index in [1.54, 1.807) is 21.7 Å². The van der Waals surface area contributed by atoms with Crippen LogP contribution in [0.15, 0.2) is 35.3 Å². The number of benzene rings is 1. The highest BCUT2D eigenvalue weighted by molar-refractivity contribution is 6.31. The SMILES string of the molecule is CCc1cccnc1C(=O)N1CCN(c2c(CC)n(CC(=O)Nc3cc(Cl)c(C(F)(F)F)cc3C)c3nc(N4CCCC4)nn3c2=O)CC1. The third-order valence-corrected chi connectivity index (χ3v) is 9.40. The molecule has 0 unspecified atom stereocenters. The van der Waals surface area contributed by atoms with Crippen molar-refractivity contribution in [3.8, 4) is 0 Å². The molecule has 0 radical (unpaired) electrons. The van der Waals surface area contributed by atoms with Crippen LogP contribution in [0, 0.1) is 6.92 Å². The molecule has 2 saturated heterocycles. The third-order valence-electron chi connectivity index (χ3n) is 9.09. The van der Waals surface area contributed by atoms with Crippen LogP contribution < -0.4 is 20.7 Å². The number of amides is 2. The van der Waals surface area contributed by atoms with E-state index in [4.69, 9.17) is 16.6 Å². The lowest BCUT2D eigenvalue weighted by Gasteiger charge is -2.36. The van der Waals surface area contributed by atoms with Gasteiger partial charge in [0.15, 0.2) is 0 Å². The molecule has 1 aromatic carbocycles. The Morgan fingerprint density at radius 3 is 2.37 bits per heavy atom. The Bertz CT molecular complexity index is 1960. The number of carbonyl (C=O) groups is 2. The molecular formula is C33H37ClF3N9O3. The highest BCUT2D eigenvalue weighted by Crippen LogP contribution is 2.37. The van der Waals surface area contributed by atoms with Gasteiger partial charge in [0.25, 0.3) is 11.5 Å². The molecule has 0 bridgehead atoms. The summed E-state index contributed by atoms with van der Waals surface area (Å²) in [4.78, 5) is 55.8. The molecule has 1 N–H and O–H groups in total. The lowest BCUT2D eigenvalue weighted by atomic mass is 10.1. The van der Waals surface area contributed by atoms with Gasteiger partial charge in [-0.2, -0.15) is 22.7 Å². The number of aryl methyl sites for hydroxylation is 2. The van der Waals surface area contributed by atoms with Crippen LogP contribution >= 0.6 is 11.6 Å². The second kappa shape index (κ2) is 13.7. The predicted octanol–water partition coefficient (Wildman–Crippen LogP) is 4.59. The second-order valence-corrected chi connectivity index (χ2v) is 12.6. The molecule has 260 valence electrons. The molecule has 49 heavy (non-hydrogen) atoms. The minimum atomic E-state index is -4.64. The maximum Gasteiger partial charge on any atom is 0.417 e. The number of rotatable bonds is 8. The summed E-state index contributed by atoms with van der Waals surface area (Å²) in [6.07, 6.45) is -0.0857.